The Balaban J connectivity index is 1.12. The Kier molecular flexibility index (Phi) is 8.09. The van der Waals surface area contributed by atoms with E-state index in [1.165, 1.54) is 81.1 Å². The first-order valence-corrected chi connectivity index (χ1v) is 19.2. The first-order valence-electron chi connectivity index (χ1n) is 18.4. The van der Waals surface area contributed by atoms with Gasteiger partial charge in [-0.3, -0.25) is 0 Å². The topological polar surface area (TPSA) is 3.24 Å². The van der Waals surface area contributed by atoms with Crippen LogP contribution in [0.15, 0.2) is 212 Å². The van der Waals surface area contributed by atoms with Gasteiger partial charge >= 0.3 is 0 Å². The lowest BCUT2D eigenvalue weighted by molar-refractivity contribution is 1.30. The van der Waals surface area contributed by atoms with Gasteiger partial charge in [-0.15, -0.1) is 11.3 Å². The third-order valence-corrected chi connectivity index (χ3v) is 11.7. The number of fused-ring (bicyclic) bond motifs is 4. The molecular weight excluding hydrogens is 671 g/mol. The van der Waals surface area contributed by atoms with Crippen LogP contribution in [0.1, 0.15) is 0 Å². The molecule has 0 aliphatic heterocycles. The van der Waals surface area contributed by atoms with Crippen molar-refractivity contribution in [3.63, 3.8) is 0 Å². The number of benzene rings is 9. The molecule has 254 valence electrons. The molecule has 1 nitrogen and oxygen atoms in total. The average Bonchev–Trinajstić information content (AvgIpc) is 3.64. The average molecular weight is 706 g/mol. The normalized spacial score (nSPS) is 11.3. The van der Waals surface area contributed by atoms with Gasteiger partial charge in [-0.25, -0.2) is 0 Å². The number of nitrogens with zero attached hydrogens (tertiary/aromatic N) is 1. The quantitative estimate of drug-likeness (QED) is 0.160. The fraction of sp³-hybridized carbons (Fsp3) is 0. The van der Waals surface area contributed by atoms with E-state index in [1.807, 2.05) is 11.3 Å². The number of thiophene rings is 1. The van der Waals surface area contributed by atoms with E-state index in [9.17, 15) is 0 Å². The molecular formula is C52H35NS. The molecule has 2 heteroatoms. The van der Waals surface area contributed by atoms with Gasteiger partial charge < -0.3 is 4.90 Å². The monoisotopic (exact) mass is 705 g/mol. The van der Waals surface area contributed by atoms with Gasteiger partial charge in [-0.2, -0.15) is 0 Å². The van der Waals surface area contributed by atoms with Crippen molar-refractivity contribution in [1.82, 2.24) is 0 Å². The molecule has 0 fully saturated rings. The fourth-order valence-electron chi connectivity index (χ4n) is 7.87. The van der Waals surface area contributed by atoms with Crippen LogP contribution < -0.4 is 4.90 Å². The molecule has 0 radical (unpaired) electrons. The fourth-order valence-corrected chi connectivity index (χ4v) is 9.07. The van der Waals surface area contributed by atoms with Crippen molar-refractivity contribution >= 4 is 59.3 Å². The summed E-state index contributed by atoms with van der Waals surface area (Å²) >= 11 is 1.87. The highest BCUT2D eigenvalue weighted by atomic mass is 32.1. The third kappa shape index (κ3) is 5.74. The zero-order valence-electron chi connectivity index (χ0n) is 29.6. The maximum Gasteiger partial charge on any atom is 0.0640 e. The van der Waals surface area contributed by atoms with Crippen LogP contribution in [0.25, 0.3) is 75.5 Å². The molecule has 54 heavy (non-hydrogen) atoms. The van der Waals surface area contributed by atoms with E-state index in [2.05, 4.69) is 217 Å². The second-order valence-electron chi connectivity index (χ2n) is 13.7. The summed E-state index contributed by atoms with van der Waals surface area (Å²) in [5.41, 5.74) is 13.1. The van der Waals surface area contributed by atoms with Crippen molar-refractivity contribution in [2.24, 2.45) is 0 Å². The lowest BCUT2D eigenvalue weighted by atomic mass is 9.93. The Labute approximate surface area is 319 Å². The largest absolute Gasteiger partial charge is 0.309 e. The van der Waals surface area contributed by atoms with E-state index in [0.29, 0.717) is 0 Å². The summed E-state index contributed by atoms with van der Waals surface area (Å²) in [5, 5.41) is 5.08. The number of hydrogen-bond acceptors (Lipinski definition) is 2. The molecule has 0 amide bonds. The van der Waals surface area contributed by atoms with Crippen LogP contribution in [-0.4, -0.2) is 0 Å². The predicted octanol–water partition coefficient (Wildman–Crippen LogP) is 15.3. The first-order chi connectivity index (χ1) is 26.8. The van der Waals surface area contributed by atoms with E-state index in [4.69, 9.17) is 0 Å². The van der Waals surface area contributed by atoms with Gasteiger partial charge in [0.05, 0.1) is 10.4 Å². The standard InChI is InChI=1S/C52H35NS/c1-4-14-37(15-5-1)44-22-12-20-41-34-40(28-32-46(41)44)36-26-29-42(30-27-36)53(50-24-13-23-48-47-21-10-11-25-51(47)54-52(48)50)43-31-33-45(38-16-6-2-7-17-38)49(35-43)39-18-8-3-9-19-39/h1-35H. The van der Waals surface area contributed by atoms with Gasteiger partial charge in [0.1, 0.15) is 0 Å². The first kappa shape index (κ1) is 32.0. The Morgan fingerprint density at radius 3 is 1.65 bits per heavy atom. The number of hydrogen-bond donors (Lipinski definition) is 0. The SMILES string of the molecule is c1ccc(-c2ccc(N(c3ccc(-c4ccc5c(-c6ccccc6)cccc5c4)cc3)c3cccc4c3sc3ccccc34)cc2-c2ccccc2)cc1. The smallest absolute Gasteiger partial charge is 0.0640 e. The third-order valence-electron chi connectivity index (χ3n) is 10.5. The molecule has 0 aliphatic rings. The molecule has 10 rings (SSSR count). The highest BCUT2D eigenvalue weighted by molar-refractivity contribution is 7.26. The van der Waals surface area contributed by atoms with E-state index in [-0.39, 0.29) is 0 Å². The summed E-state index contributed by atoms with van der Waals surface area (Å²) in [6.07, 6.45) is 0. The molecule has 0 bridgehead atoms. The van der Waals surface area contributed by atoms with Gasteiger partial charge in [-0.05, 0) is 97.7 Å². The van der Waals surface area contributed by atoms with Crippen LogP contribution in [0.3, 0.4) is 0 Å². The zero-order chi connectivity index (χ0) is 35.8. The summed E-state index contributed by atoms with van der Waals surface area (Å²) in [7, 11) is 0. The number of anilines is 3. The van der Waals surface area contributed by atoms with Gasteiger partial charge in [0.2, 0.25) is 0 Å². The minimum atomic E-state index is 1.11. The molecule has 1 heterocycles. The summed E-state index contributed by atoms with van der Waals surface area (Å²) < 4.78 is 2.58. The Hall–Kier alpha value is -6.74. The van der Waals surface area contributed by atoms with Crippen LogP contribution in [0.5, 0.6) is 0 Å². The lowest BCUT2D eigenvalue weighted by Crippen LogP contribution is -2.10. The summed E-state index contributed by atoms with van der Waals surface area (Å²) in [5.74, 6) is 0. The molecule has 0 N–H and O–H groups in total. The Morgan fingerprint density at radius 1 is 0.315 bits per heavy atom. The van der Waals surface area contributed by atoms with Gasteiger partial charge in [0.25, 0.3) is 0 Å². The minimum absolute atomic E-state index is 1.11. The van der Waals surface area contributed by atoms with Crippen LogP contribution in [0.4, 0.5) is 17.1 Å². The van der Waals surface area contributed by atoms with Crippen LogP contribution in [0.2, 0.25) is 0 Å². The molecule has 1 aromatic heterocycles. The molecule has 9 aromatic carbocycles. The van der Waals surface area contributed by atoms with Crippen LogP contribution >= 0.6 is 11.3 Å². The van der Waals surface area contributed by atoms with E-state index in [0.717, 1.165) is 11.4 Å². The molecule has 0 unspecified atom stereocenters. The lowest BCUT2D eigenvalue weighted by Gasteiger charge is -2.27. The van der Waals surface area contributed by atoms with Crippen molar-refractivity contribution in [2.75, 3.05) is 4.90 Å². The molecule has 0 aliphatic carbocycles. The second kappa shape index (κ2) is 13.7. The molecule has 0 atom stereocenters. The van der Waals surface area contributed by atoms with Gasteiger partial charge in [0, 0.05) is 26.8 Å². The van der Waals surface area contributed by atoms with E-state index >= 15 is 0 Å². The van der Waals surface area contributed by atoms with Gasteiger partial charge in [0.15, 0.2) is 0 Å². The highest BCUT2D eigenvalue weighted by Gasteiger charge is 2.20. The molecule has 0 saturated heterocycles. The predicted molar refractivity (Wildman–Crippen MR) is 233 cm³/mol. The van der Waals surface area contributed by atoms with Crippen LogP contribution in [-0.2, 0) is 0 Å². The Bertz CT molecular complexity index is 2910. The molecule has 0 saturated carbocycles. The van der Waals surface area contributed by atoms with Crippen molar-refractivity contribution in [3.05, 3.63) is 212 Å². The van der Waals surface area contributed by atoms with E-state index in [1.54, 1.807) is 0 Å². The minimum Gasteiger partial charge on any atom is -0.309 e. The highest BCUT2D eigenvalue weighted by Crippen LogP contribution is 2.46. The molecule has 0 spiro atoms. The van der Waals surface area contributed by atoms with Crippen molar-refractivity contribution in [3.8, 4) is 44.5 Å². The second-order valence-corrected chi connectivity index (χ2v) is 14.8. The summed E-state index contributed by atoms with van der Waals surface area (Å²) in [4.78, 5) is 2.44. The van der Waals surface area contributed by atoms with Crippen molar-refractivity contribution in [1.29, 1.82) is 0 Å². The maximum absolute atomic E-state index is 2.44. The van der Waals surface area contributed by atoms with Gasteiger partial charge in [-0.1, -0.05) is 170 Å². The van der Waals surface area contributed by atoms with Crippen molar-refractivity contribution < 1.29 is 0 Å². The van der Waals surface area contributed by atoms with Crippen LogP contribution in [0, 0.1) is 0 Å². The van der Waals surface area contributed by atoms with E-state index < -0.39 is 0 Å². The zero-order valence-corrected chi connectivity index (χ0v) is 30.4. The van der Waals surface area contributed by atoms with Crippen molar-refractivity contribution in [2.45, 2.75) is 0 Å². The maximum atomic E-state index is 2.44. The summed E-state index contributed by atoms with van der Waals surface area (Å²) in [6.45, 7) is 0. The molecule has 10 aromatic rings. The number of rotatable bonds is 7. The summed E-state index contributed by atoms with van der Waals surface area (Å²) in [6, 6.07) is 77.1. The Morgan fingerprint density at radius 2 is 0.907 bits per heavy atom.